The minimum Gasteiger partial charge on any atom is -0.480 e. The topological polar surface area (TPSA) is 77.2 Å². The predicted molar refractivity (Wildman–Crippen MR) is 60.2 cm³/mol. The molecule has 0 aromatic carbocycles. The fourth-order valence-electron chi connectivity index (χ4n) is 1.89. The van der Waals surface area contributed by atoms with E-state index < -0.39 is 0 Å². The van der Waals surface area contributed by atoms with Gasteiger partial charge in [-0.05, 0) is 18.6 Å². The van der Waals surface area contributed by atoms with E-state index in [2.05, 4.69) is 10.3 Å². The van der Waals surface area contributed by atoms with Gasteiger partial charge in [-0.15, -0.1) is 0 Å². The number of pyridine rings is 1. The largest absolute Gasteiger partial charge is 0.480 e. The highest BCUT2D eigenvalue weighted by molar-refractivity contribution is 5.77. The average molecular weight is 221 g/mol. The molecule has 5 heteroatoms. The summed E-state index contributed by atoms with van der Waals surface area (Å²) in [6.45, 7) is 0.706. The van der Waals surface area contributed by atoms with E-state index in [1.807, 2.05) is 6.07 Å². The first-order valence-corrected chi connectivity index (χ1v) is 5.28. The van der Waals surface area contributed by atoms with Gasteiger partial charge in [0.15, 0.2) is 0 Å². The van der Waals surface area contributed by atoms with E-state index in [1.54, 1.807) is 6.07 Å². The van der Waals surface area contributed by atoms with Crippen molar-refractivity contribution in [1.29, 1.82) is 0 Å². The quantitative estimate of drug-likeness (QED) is 0.769. The highest BCUT2D eigenvalue weighted by Crippen LogP contribution is 2.27. The third kappa shape index (κ3) is 2.08. The number of nitrogens with two attached hydrogens (primary N) is 1. The lowest BCUT2D eigenvalue weighted by molar-refractivity contribution is -0.122. The molecule has 1 aliphatic heterocycles. The molecule has 1 saturated heterocycles. The number of anilines is 1. The molecule has 1 atom stereocenters. The molecular formula is C11H15N3O2. The number of hydrogen-bond donors (Lipinski definition) is 2. The van der Waals surface area contributed by atoms with Crippen LogP contribution in [-0.4, -0.2) is 24.5 Å². The maximum atomic E-state index is 11.3. The van der Waals surface area contributed by atoms with E-state index >= 15 is 0 Å². The second-order valence-electron chi connectivity index (χ2n) is 3.87. The van der Waals surface area contributed by atoms with Crippen LogP contribution in [0.2, 0.25) is 0 Å². The van der Waals surface area contributed by atoms with Gasteiger partial charge in [0.1, 0.15) is 0 Å². The highest BCUT2D eigenvalue weighted by Gasteiger charge is 2.22. The summed E-state index contributed by atoms with van der Waals surface area (Å²) in [7, 11) is 1.54. The molecule has 1 unspecified atom stereocenters. The van der Waals surface area contributed by atoms with Gasteiger partial charge in [-0.2, -0.15) is 0 Å². The Morgan fingerprint density at radius 3 is 3.06 bits per heavy atom. The first-order valence-electron chi connectivity index (χ1n) is 5.28. The highest BCUT2D eigenvalue weighted by atomic mass is 16.5. The van der Waals surface area contributed by atoms with Gasteiger partial charge < -0.3 is 15.8 Å². The molecule has 86 valence electrons. The summed E-state index contributed by atoms with van der Waals surface area (Å²) in [5.41, 5.74) is 7.09. The van der Waals surface area contributed by atoms with Crippen LogP contribution in [0.5, 0.6) is 5.88 Å². The molecule has 1 aromatic heterocycles. The van der Waals surface area contributed by atoms with Crippen LogP contribution in [0, 0.1) is 0 Å². The van der Waals surface area contributed by atoms with Gasteiger partial charge in [0, 0.05) is 24.6 Å². The van der Waals surface area contributed by atoms with Crippen LogP contribution in [0.3, 0.4) is 0 Å². The number of nitrogens with zero attached hydrogens (tertiary/aromatic N) is 1. The molecule has 1 fully saturated rings. The van der Waals surface area contributed by atoms with E-state index in [-0.39, 0.29) is 11.8 Å². The molecule has 1 aromatic rings. The van der Waals surface area contributed by atoms with Crippen molar-refractivity contribution in [1.82, 2.24) is 10.3 Å². The second-order valence-corrected chi connectivity index (χ2v) is 3.87. The molecule has 0 aliphatic carbocycles. The number of hydrogen-bond acceptors (Lipinski definition) is 4. The van der Waals surface area contributed by atoms with Gasteiger partial charge in [0.25, 0.3) is 0 Å². The number of amides is 1. The summed E-state index contributed by atoms with van der Waals surface area (Å²) in [5, 5.41) is 2.80. The number of ether oxygens (including phenoxy) is 1. The molecule has 0 bridgehead atoms. The van der Waals surface area contributed by atoms with Crippen molar-refractivity contribution in [3.05, 3.63) is 17.8 Å². The standard InChI is InChI=1S/C11H15N3O2/c1-16-11-8(12)2-3-9(14-11)7-4-5-13-10(15)6-7/h2-3,7H,4-6,12H2,1H3,(H,13,15). The molecule has 2 rings (SSSR count). The molecule has 0 saturated carbocycles. The zero-order valence-electron chi connectivity index (χ0n) is 9.19. The number of aromatic nitrogens is 1. The third-order valence-electron chi connectivity index (χ3n) is 2.77. The molecule has 1 aliphatic rings. The van der Waals surface area contributed by atoms with Crippen LogP contribution in [0.15, 0.2) is 12.1 Å². The number of rotatable bonds is 2. The van der Waals surface area contributed by atoms with Crippen molar-refractivity contribution in [2.75, 3.05) is 19.4 Å². The Morgan fingerprint density at radius 1 is 1.56 bits per heavy atom. The van der Waals surface area contributed by atoms with E-state index in [1.165, 1.54) is 7.11 Å². The lowest BCUT2D eigenvalue weighted by atomic mass is 9.93. The Balaban J connectivity index is 2.22. The molecule has 2 heterocycles. The van der Waals surface area contributed by atoms with Crippen LogP contribution in [0.1, 0.15) is 24.5 Å². The second kappa shape index (κ2) is 4.38. The van der Waals surface area contributed by atoms with Gasteiger partial charge in [0.2, 0.25) is 11.8 Å². The first kappa shape index (κ1) is 10.7. The number of piperidine rings is 1. The van der Waals surface area contributed by atoms with Gasteiger partial charge >= 0.3 is 0 Å². The number of carbonyl (C=O) groups is 1. The number of nitrogen functional groups attached to an aromatic ring is 1. The zero-order valence-corrected chi connectivity index (χ0v) is 9.19. The van der Waals surface area contributed by atoms with Crippen LogP contribution in [0.4, 0.5) is 5.69 Å². The van der Waals surface area contributed by atoms with E-state index in [0.717, 1.165) is 12.1 Å². The van der Waals surface area contributed by atoms with Crippen LogP contribution < -0.4 is 15.8 Å². The smallest absolute Gasteiger partial charge is 0.237 e. The summed E-state index contributed by atoms with van der Waals surface area (Å²) in [6.07, 6.45) is 1.39. The van der Waals surface area contributed by atoms with Gasteiger partial charge in [-0.3, -0.25) is 4.79 Å². The molecule has 16 heavy (non-hydrogen) atoms. The van der Waals surface area contributed by atoms with E-state index in [9.17, 15) is 4.79 Å². The average Bonchev–Trinajstić information content (AvgIpc) is 2.29. The Hall–Kier alpha value is -1.78. The van der Waals surface area contributed by atoms with Crippen LogP contribution in [-0.2, 0) is 4.79 Å². The van der Waals surface area contributed by atoms with Crippen molar-refractivity contribution in [3.8, 4) is 5.88 Å². The zero-order chi connectivity index (χ0) is 11.5. The fraction of sp³-hybridized carbons (Fsp3) is 0.455. The maximum absolute atomic E-state index is 11.3. The van der Waals surface area contributed by atoms with Crippen molar-refractivity contribution in [3.63, 3.8) is 0 Å². The Bertz CT molecular complexity index is 406. The third-order valence-corrected chi connectivity index (χ3v) is 2.77. The number of carbonyl (C=O) groups excluding carboxylic acids is 1. The number of nitrogens with one attached hydrogen (secondary N) is 1. The first-order chi connectivity index (χ1) is 7.70. The van der Waals surface area contributed by atoms with Crippen molar-refractivity contribution >= 4 is 11.6 Å². The monoisotopic (exact) mass is 221 g/mol. The minimum absolute atomic E-state index is 0.0776. The van der Waals surface area contributed by atoms with Gasteiger partial charge in [-0.25, -0.2) is 4.98 Å². The van der Waals surface area contributed by atoms with Crippen LogP contribution >= 0.6 is 0 Å². The Morgan fingerprint density at radius 2 is 2.38 bits per heavy atom. The summed E-state index contributed by atoms with van der Waals surface area (Å²) in [6, 6.07) is 3.63. The van der Waals surface area contributed by atoms with Gasteiger partial charge in [0.05, 0.1) is 12.8 Å². The molecule has 0 radical (unpaired) electrons. The van der Waals surface area contributed by atoms with Crippen molar-refractivity contribution < 1.29 is 9.53 Å². The summed E-state index contributed by atoms with van der Waals surface area (Å²) < 4.78 is 5.07. The minimum atomic E-state index is 0.0776. The Labute approximate surface area is 94.0 Å². The predicted octanol–water partition coefficient (Wildman–Crippen LogP) is 0.666. The molecular weight excluding hydrogens is 206 g/mol. The Kier molecular flexibility index (Phi) is 2.94. The summed E-state index contributed by atoms with van der Waals surface area (Å²) >= 11 is 0. The molecule has 5 nitrogen and oxygen atoms in total. The fourth-order valence-corrected chi connectivity index (χ4v) is 1.89. The molecule has 0 spiro atoms. The van der Waals surface area contributed by atoms with E-state index in [4.69, 9.17) is 10.5 Å². The molecule has 1 amide bonds. The summed E-state index contributed by atoms with van der Waals surface area (Å²) in [4.78, 5) is 15.6. The number of methoxy groups -OCH3 is 1. The SMILES string of the molecule is COc1nc(C2CCNC(=O)C2)ccc1N. The van der Waals surface area contributed by atoms with E-state index in [0.29, 0.717) is 24.5 Å². The van der Waals surface area contributed by atoms with Crippen molar-refractivity contribution in [2.45, 2.75) is 18.8 Å². The lowest BCUT2D eigenvalue weighted by Crippen LogP contribution is -2.32. The van der Waals surface area contributed by atoms with Gasteiger partial charge in [-0.1, -0.05) is 0 Å². The van der Waals surface area contributed by atoms with Crippen LogP contribution in [0.25, 0.3) is 0 Å². The normalized spacial score (nSPS) is 20.3. The lowest BCUT2D eigenvalue weighted by Gasteiger charge is -2.21. The summed E-state index contributed by atoms with van der Waals surface area (Å²) in [5.74, 6) is 0.681. The maximum Gasteiger partial charge on any atom is 0.237 e. The van der Waals surface area contributed by atoms with Crippen molar-refractivity contribution in [2.24, 2.45) is 0 Å². The molecule has 3 N–H and O–H groups in total.